The lowest BCUT2D eigenvalue weighted by molar-refractivity contribution is -0.384. The molecule has 82 valence electrons. The Morgan fingerprint density at radius 2 is 2.25 bits per heavy atom. The molecule has 0 aliphatic rings. The molecule has 0 unspecified atom stereocenters. The van der Waals surface area contributed by atoms with Crippen molar-refractivity contribution in [3.05, 3.63) is 44.4 Å². The summed E-state index contributed by atoms with van der Waals surface area (Å²) in [4.78, 5) is 21.1. The number of halogens is 1. The third kappa shape index (κ3) is 2.67. The van der Waals surface area contributed by atoms with Gasteiger partial charge < -0.3 is 10.6 Å². The third-order valence-corrected chi connectivity index (χ3v) is 1.97. The fourth-order valence-corrected chi connectivity index (χ4v) is 1.15. The van der Waals surface area contributed by atoms with E-state index in [9.17, 15) is 14.9 Å². The first-order valence-electron chi connectivity index (χ1n) is 3.92. The van der Waals surface area contributed by atoms with Gasteiger partial charge in [0.05, 0.1) is 4.92 Å². The van der Waals surface area contributed by atoms with Crippen LogP contribution in [-0.2, 0) is 0 Å². The molecule has 7 nitrogen and oxygen atoms in total. The van der Waals surface area contributed by atoms with Gasteiger partial charge in [0.2, 0.25) is 0 Å². The van der Waals surface area contributed by atoms with Crippen LogP contribution in [0.1, 0.15) is 10.4 Å². The topological polar surface area (TPSA) is 107 Å². The molecule has 1 aromatic carbocycles. The molecule has 16 heavy (non-hydrogen) atoms. The molecular weight excluding hydrogens is 236 g/mol. The second kappa shape index (κ2) is 5.08. The normalized spacial score (nSPS) is 10.3. The monoisotopic (exact) mass is 239 g/mol. The van der Waals surface area contributed by atoms with E-state index in [4.69, 9.17) is 17.1 Å². The number of carbonyl (C=O) groups is 1. The number of nitro benzene ring substituents is 1. The number of hydrogen-bond acceptors (Lipinski definition) is 4. The van der Waals surface area contributed by atoms with Crippen molar-refractivity contribution < 1.29 is 9.72 Å². The predicted octanol–water partition coefficient (Wildman–Crippen LogP) is 2.44. The second-order valence-electron chi connectivity index (χ2n) is 2.62. The van der Waals surface area contributed by atoms with Crippen LogP contribution >= 0.6 is 11.6 Å². The Balaban J connectivity index is 3.12. The molecule has 0 amide bonds. The van der Waals surface area contributed by atoms with Crippen molar-refractivity contribution in [2.45, 2.75) is 0 Å². The number of nitrogens with zero attached hydrogens (tertiary/aromatic N) is 4. The Labute approximate surface area is 94.4 Å². The minimum absolute atomic E-state index is 0.0310. The van der Waals surface area contributed by atoms with E-state index in [0.29, 0.717) is 0 Å². The van der Waals surface area contributed by atoms with Crippen molar-refractivity contribution >= 4 is 29.3 Å². The molecule has 0 bridgehead atoms. The van der Waals surface area contributed by atoms with E-state index in [1.807, 2.05) is 0 Å². The first-order valence-corrected chi connectivity index (χ1v) is 4.29. The first-order chi connectivity index (χ1) is 7.56. The second-order valence-corrected chi connectivity index (χ2v) is 3.03. The molecule has 1 rings (SSSR count). The van der Waals surface area contributed by atoms with Crippen molar-refractivity contribution in [1.29, 1.82) is 0 Å². The van der Waals surface area contributed by atoms with Gasteiger partial charge in [-0.05, 0) is 18.3 Å². The largest absolute Gasteiger partial charge is 0.362 e. The molecule has 0 aliphatic heterocycles. The Kier molecular flexibility index (Phi) is 3.78. The van der Waals surface area contributed by atoms with E-state index in [1.54, 1.807) is 0 Å². The molecule has 0 fully saturated rings. The van der Waals surface area contributed by atoms with E-state index in [-0.39, 0.29) is 16.3 Å². The number of benzene rings is 1. The maximum absolute atomic E-state index is 11.3. The summed E-state index contributed by atoms with van der Waals surface area (Å²) in [5.74, 6) is -0.627. The summed E-state index contributed by atoms with van der Waals surface area (Å²) in [6.45, 7) is 0. The lowest BCUT2D eigenvalue weighted by atomic mass is 10.1. The molecule has 8 heteroatoms. The van der Waals surface area contributed by atoms with Crippen LogP contribution in [0.15, 0.2) is 28.5 Å². The minimum Gasteiger partial charge on any atom is -0.362 e. The Bertz CT molecular complexity index is 486. The van der Waals surface area contributed by atoms with Crippen molar-refractivity contribution in [1.82, 2.24) is 0 Å². The van der Waals surface area contributed by atoms with E-state index in [1.165, 1.54) is 12.1 Å². The maximum atomic E-state index is 11.3. The lowest BCUT2D eigenvalue weighted by Gasteiger charge is -1.99. The van der Waals surface area contributed by atoms with Gasteiger partial charge in [-0.2, -0.15) is 0 Å². The molecule has 0 aromatic heterocycles. The van der Waals surface area contributed by atoms with Crippen LogP contribution in [0.5, 0.6) is 0 Å². The molecule has 0 aliphatic carbocycles. The summed E-state index contributed by atoms with van der Waals surface area (Å²) in [6.07, 6.45) is 0.729. The number of Topliss-reactive ketones (excluding diaryl/α,β-unsaturated/α-hetero) is 1. The van der Waals surface area contributed by atoms with Crippen LogP contribution in [0.2, 0.25) is 5.02 Å². The molecule has 0 atom stereocenters. The summed E-state index contributed by atoms with van der Waals surface area (Å²) in [6, 6.07) is 3.56. The maximum Gasteiger partial charge on any atom is 0.288 e. The van der Waals surface area contributed by atoms with Gasteiger partial charge in [0, 0.05) is 11.6 Å². The van der Waals surface area contributed by atoms with Crippen LogP contribution in [-0.4, -0.2) is 16.9 Å². The van der Waals surface area contributed by atoms with Crippen molar-refractivity contribution in [3.8, 4) is 0 Å². The summed E-state index contributed by atoms with van der Waals surface area (Å²) < 4.78 is 0. The molecule has 0 heterocycles. The van der Waals surface area contributed by atoms with E-state index in [2.05, 4.69) is 10.3 Å². The molecule has 0 N–H and O–H groups in total. The van der Waals surface area contributed by atoms with Gasteiger partial charge in [-0.25, -0.2) is 0 Å². The van der Waals surface area contributed by atoms with Crippen LogP contribution < -0.4 is 0 Å². The van der Waals surface area contributed by atoms with Crippen molar-refractivity contribution in [2.24, 2.45) is 10.3 Å². The van der Waals surface area contributed by atoms with Crippen LogP contribution in [0.25, 0.3) is 5.53 Å². The summed E-state index contributed by atoms with van der Waals surface area (Å²) >= 11 is 5.56. The average Bonchev–Trinajstić information content (AvgIpc) is 2.26. The van der Waals surface area contributed by atoms with Gasteiger partial charge in [0.25, 0.3) is 5.69 Å². The number of nitro groups is 1. The Morgan fingerprint density at radius 1 is 1.56 bits per heavy atom. The highest BCUT2D eigenvalue weighted by molar-refractivity contribution is 6.36. The fourth-order valence-electron chi connectivity index (χ4n) is 0.959. The zero-order chi connectivity index (χ0) is 12.1. The smallest absolute Gasteiger partial charge is 0.288 e. The highest BCUT2D eigenvalue weighted by Gasteiger charge is 2.14. The molecule has 0 spiro atoms. The Morgan fingerprint density at radius 3 is 2.81 bits per heavy atom. The quantitative estimate of drug-likeness (QED) is 0.265. The van der Waals surface area contributed by atoms with Gasteiger partial charge in [-0.15, -0.1) is 0 Å². The summed E-state index contributed by atoms with van der Waals surface area (Å²) in [5.41, 5.74) is 7.65. The third-order valence-electron chi connectivity index (χ3n) is 1.65. The summed E-state index contributed by atoms with van der Waals surface area (Å²) in [7, 11) is 0. The van der Waals surface area contributed by atoms with Crippen LogP contribution in [0.4, 0.5) is 5.69 Å². The van der Waals surface area contributed by atoms with Crippen LogP contribution in [0.3, 0.4) is 0 Å². The zero-order valence-corrected chi connectivity index (χ0v) is 8.46. The van der Waals surface area contributed by atoms with Crippen molar-refractivity contribution in [2.75, 3.05) is 0 Å². The molecule has 1 aromatic rings. The highest BCUT2D eigenvalue weighted by Crippen LogP contribution is 2.24. The zero-order valence-electron chi connectivity index (χ0n) is 7.70. The van der Waals surface area contributed by atoms with Gasteiger partial charge in [-0.1, -0.05) is 11.6 Å². The standard InChI is InChI=1S/C8H4ClN4O3/c9-6-2-1-5(3-7(6)13(15)16)8(14)4-11-12-10/h1-4H/q-1. The van der Waals surface area contributed by atoms with Gasteiger partial charge >= 0.3 is 0 Å². The number of ketones is 1. The predicted molar refractivity (Wildman–Crippen MR) is 56.7 cm³/mol. The highest BCUT2D eigenvalue weighted by atomic mass is 35.5. The average molecular weight is 240 g/mol. The van der Waals surface area contributed by atoms with E-state index >= 15 is 0 Å². The fraction of sp³-hybridized carbons (Fsp3) is 0. The van der Waals surface area contributed by atoms with Gasteiger partial charge in [0.1, 0.15) is 5.02 Å². The molecule has 0 radical (unpaired) electrons. The molecule has 0 saturated heterocycles. The van der Waals surface area contributed by atoms with Gasteiger partial charge in [0.15, 0.2) is 5.78 Å². The number of hydrogen-bond donors (Lipinski definition) is 0. The SMILES string of the molecule is [N-]=NN=CC(=O)c1ccc(Cl)c([N+](=O)[O-])c1. The van der Waals surface area contributed by atoms with Crippen molar-refractivity contribution in [3.63, 3.8) is 0 Å². The van der Waals surface area contributed by atoms with Crippen LogP contribution in [0, 0.1) is 10.1 Å². The van der Waals surface area contributed by atoms with Gasteiger partial charge in [-0.3, -0.25) is 20.1 Å². The summed E-state index contributed by atoms with van der Waals surface area (Å²) in [5, 5.41) is 15.8. The van der Waals surface area contributed by atoms with E-state index in [0.717, 1.165) is 12.3 Å². The lowest BCUT2D eigenvalue weighted by Crippen LogP contribution is -2.01. The number of carbonyl (C=O) groups excluding carboxylic acids is 1. The molecular formula is C8H4ClN4O3-. The molecule has 0 saturated carbocycles. The first kappa shape index (κ1) is 11.9. The number of rotatable bonds is 4. The van der Waals surface area contributed by atoms with E-state index < -0.39 is 10.7 Å². The minimum atomic E-state index is -0.702. The Hall–Kier alpha value is -2.15.